The van der Waals surface area contributed by atoms with Gasteiger partial charge in [-0.25, -0.2) is 8.78 Å². The van der Waals surface area contributed by atoms with Gasteiger partial charge in [0, 0.05) is 6.20 Å². The molecule has 0 N–H and O–H groups in total. The minimum Gasteiger partial charge on any atom is -0.276 e. The molecule has 70 valence electrons. The Bertz CT molecular complexity index is 341. The van der Waals surface area contributed by atoms with Gasteiger partial charge in [-0.15, -0.1) is 0 Å². The molecule has 2 nitrogen and oxygen atoms in total. The summed E-state index contributed by atoms with van der Waals surface area (Å²) in [5, 5.41) is -0.698. The average Bonchev–Trinajstić information content (AvgIpc) is 2.03. The van der Waals surface area contributed by atoms with E-state index in [2.05, 4.69) is 4.98 Å². The molecule has 0 saturated heterocycles. The fraction of sp³-hybridized carbons (Fsp3) is 0.250. The molecule has 1 aromatic heterocycles. The van der Waals surface area contributed by atoms with Crippen molar-refractivity contribution in [1.82, 2.24) is 4.98 Å². The van der Waals surface area contributed by atoms with Crippen molar-refractivity contribution in [3.05, 3.63) is 29.1 Å². The molecule has 1 aromatic rings. The van der Waals surface area contributed by atoms with Gasteiger partial charge in [0.25, 0.3) is 11.7 Å². The lowest BCUT2D eigenvalue weighted by molar-refractivity contribution is 0.107. The van der Waals surface area contributed by atoms with E-state index >= 15 is 0 Å². The Balaban J connectivity index is 3.13. The highest BCUT2D eigenvalue weighted by molar-refractivity contribution is 6.67. The molecule has 0 aliphatic heterocycles. The van der Waals surface area contributed by atoms with Crippen LogP contribution >= 0.6 is 11.6 Å². The lowest BCUT2D eigenvalue weighted by Gasteiger charge is -2.03. The van der Waals surface area contributed by atoms with E-state index in [1.807, 2.05) is 0 Å². The first-order valence-corrected chi connectivity index (χ1v) is 3.84. The molecular weight excluding hydrogens is 200 g/mol. The number of carbonyl (C=O) groups is 1. The number of carbonyl (C=O) groups excluding carboxylic acids is 1. The van der Waals surface area contributed by atoms with Crippen molar-refractivity contribution in [3.63, 3.8) is 0 Å². The number of rotatable bonds is 2. The third-order valence-electron chi connectivity index (χ3n) is 1.55. The molecule has 0 unspecified atom stereocenters. The highest BCUT2D eigenvalue weighted by atomic mass is 35.5. The van der Waals surface area contributed by atoms with Gasteiger partial charge in [0.1, 0.15) is 5.69 Å². The standard InChI is InChI=1S/C8H6ClF2NO/c1-4-2-5(7(9)13)3-12-6(4)8(10)11/h2-3,8H,1H3. The lowest BCUT2D eigenvalue weighted by atomic mass is 10.2. The molecule has 0 amide bonds. The summed E-state index contributed by atoms with van der Waals surface area (Å²) >= 11 is 5.14. The van der Waals surface area contributed by atoms with E-state index in [0.717, 1.165) is 6.20 Å². The summed E-state index contributed by atoms with van der Waals surface area (Å²) < 4.78 is 24.4. The Hall–Kier alpha value is -1.03. The summed E-state index contributed by atoms with van der Waals surface area (Å²) in [5.41, 5.74) is 0.0757. The highest BCUT2D eigenvalue weighted by Gasteiger charge is 2.13. The second kappa shape index (κ2) is 3.79. The predicted octanol–water partition coefficient (Wildman–Crippen LogP) is 2.71. The fourth-order valence-corrected chi connectivity index (χ4v) is 1.02. The van der Waals surface area contributed by atoms with Crippen LogP contribution in [0.4, 0.5) is 8.78 Å². The smallest absolute Gasteiger partial charge is 0.276 e. The molecule has 13 heavy (non-hydrogen) atoms. The van der Waals surface area contributed by atoms with Crippen LogP contribution in [0.3, 0.4) is 0 Å². The van der Waals surface area contributed by atoms with Crippen LogP contribution in [0.5, 0.6) is 0 Å². The minimum absolute atomic E-state index is 0.128. The number of aromatic nitrogens is 1. The van der Waals surface area contributed by atoms with Gasteiger partial charge in [-0.2, -0.15) is 0 Å². The van der Waals surface area contributed by atoms with Crippen LogP contribution in [0.25, 0.3) is 0 Å². The SMILES string of the molecule is Cc1cc(C(=O)Cl)cnc1C(F)F. The van der Waals surface area contributed by atoms with Gasteiger partial charge in [0.15, 0.2) is 0 Å². The van der Waals surface area contributed by atoms with Gasteiger partial charge in [-0.3, -0.25) is 9.78 Å². The third-order valence-corrected chi connectivity index (χ3v) is 1.77. The van der Waals surface area contributed by atoms with E-state index in [-0.39, 0.29) is 16.8 Å². The zero-order chi connectivity index (χ0) is 10.0. The van der Waals surface area contributed by atoms with Crippen molar-refractivity contribution in [2.45, 2.75) is 13.3 Å². The number of aryl methyl sites for hydroxylation is 1. The topological polar surface area (TPSA) is 30.0 Å². The molecule has 0 saturated carbocycles. The average molecular weight is 206 g/mol. The van der Waals surface area contributed by atoms with E-state index in [1.165, 1.54) is 13.0 Å². The normalized spacial score (nSPS) is 10.5. The summed E-state index contributed by atoms with van der Waals surface area (Å²) in [5.74, 6) is 0. The maximum atomic E-state index is 12.2. The number of halogens is 3. The Labute approximate surface area is 78.5 Å². The Morgan fingerprint density at radius 3 is 2.62 bits per heavy atom. The molecule has 0 aliphatic carbocycles. The highest BCUT2D eigenvalue weighted by Crippen LogP contribution is 2.20. The summed E-state index contributed by atoms with van der Waals surface area (Å²) in [7, 11) is 0. The molecule has 0 atom stereocenters. The largest absolute Gasteiger partial charge is 0.280 e. The third kappa shape index (κ3) is 2.21. The van der Waals surface area contributed by atoms with Crippen molar-refractivity contribution in [2.24, 2.45) is 0 Å². The Kier molecular flexibility index (Phi) is 2.93. The van der Waals surface area contributed by atoms with Gasteiger partial charge in [0.2, 0.25) is 0 Å². The van der Waals surface area contributed by atoms with Crippen molar-refractivity contribution in [3.8, 4) is 0 Å². The van der Waals surface area contributed by atoms with Crippen LogP contribution in [0, 0.1) is 6.92 Å². The lowest BCUT2D eigenvalue weighted by Crippen LogP contribution is -1.98. The maximum Gasteiger partial charge on any atom is 0.280 e. The van der Waals surface area contributed by atoms with Gasteiger partial charge in [0.05, 0.1) is 5.56 Å². The summed E-state index contributed by atoms with van der Waals surface area (Å²) in [4.78, 5) is 14.1. The Morgan fingerprint density at radius 1 is 1.62 bits per heavy atom. The summed E-state index contributed by atoms with van der Waals surface area (Å²) in [6.07, 6.45) is -1.58. The summed E-state index contributed by atoms with van der Waals surface area (Å²) in [6, 6.07) is 1.30. The molecule has 5 heteroatoms. The van der Waals surface area contributed by atoms with Crippen molar-refractivity contribution < 1.29 is 13.6 Å². The molecule has 1 rings (SSSR count). The van der Waals surface area contributed by atoms with E-state index in [1.54, 1.807) is 0 Å². The van der Waals surface area contributed by atoms with Crippen molar-refractivity contribution in [2.75, 3.05) is 0 Å². The number of hydrogen-bond donors (Lipinski definition) is 0. The molecule has 0 fully saturated rings. The van der Waals surface area contributed by atoms with Crippen LogP contribution in [0.2, 0.25) is 0 Å². The predicted molar refractivity (Wildman–Crippen MR) is 44.1 cm³/mol. The van der Waals surface area contributed by atoms with Crippen LogP contribution in [0.1, 0.15) is 28.0 Å². The zero-order valence-electron chi connectivity index (χ0n) is 6.72. The molecule has 0 spiro atoms. The van der Waals surface area contributed by atoms with Crippen molar-refractivity contribution >= 4 is 16.8 Å². The monoisotopic (exact) mass is 205 g/mol. The van der Waals surface area contributed by atoms with Gasteiger partial charge in [-0.05, 0) is 30.2 Å². The van der Waals surface area contributed by atoms with Crippen molar-refractivity contribution in [1.29, 1.82) is 0 Å². The molecule has 1 heterocycles. The maximum absolute atomic E-state index is 12.2. The van der Waals surface area contributed by atoms with E-state index in [4.69, 9.17) is 11.6 Å². The quantitative estimate of drug-likeness (QED) is 0.695. The molecule has 0 bridgehead atoms. The number of hydrogen-bond acceptors (Lipinski definition) is 2. The molecule has 0 aromatic carbocycles. The number of nitrogens with zero attached hydrogens (tertiary/aromatic N) is 1. The first-order chi connectivity index (χ1) is 6.02. The summed E-state index contributed by atoms with van der Waals surface area (Å²) in [6.45, 7) is 1.46. The van der Waals surface area contributed by atoms with E-state index < -0.39 is 11.7 Å². The van der Waals surface area contributed by atoms with Crippen LogP contribution < -0.4 is 0 Å². The van der Waals surface area contributed by atoms with E-state index in [0.29, 0.717) is 0 Å². The molecular formula is C8H6ClF2NO. The van der Waals surface area contributed by atoms with Gasteiger partial charge >= 0.3 is 0 Å². The Morgan fingerprint density at radius 2 is 2.23 bits per heavy atom. The zero-order valence-corrected chi connectivity index (χ0v) is 7.48. The number of pyridine rings is 1. The molecule has 0 aliphatic rings. The fourth-order valence-electron chi connectivity index (χ4n) is 0.921. The number of alkyl halides is 2. The molecule has 0 radical (unpaired) electrons. The van der Waals surface area contributed by atoms with Gasteiger partial charge in [-0.1, -0.05) is 0 Å². The first kappa shape index (κ1) is 10.1. The minimum atomic E-state index is -2.63. The van der Waals surface area contributed by atoms with Crippen LogP contribution in [0.15, 0.2) is 12.3 Å². The van der Waals surface area contributed by atoms with Crippen LogP contribution in [-0.4, -0.2) is 10.2 Å². The second-order valence-electron chi connectivity index (χ2n) is 2.50. The van der Waals surface area contributed by atoms with Crippen LogP contribution in [-0.2, 0) is 0 Å². The van der Waals surface area contributed by atoms with E-state index in [9.17, 15) is 13.6 Å². The second-order valence-corrected chi connectivity index (χ2v) is 2.84. The first-order valence-electron chi connectivity index (χ1n) is 3.47. The van der Waals surface area contributed by atoms with Gasteiger partial charge < -0.3 is 0 Å².